The van der Waals surface area contributed by atoms with Gasteiger partial charge in [0.15, 0.2) is 6.61 Å². The zero-order valence-electron chi connectivity index (χ0n) is 13.5. The van der Waals surface area contributed by atoms with E-state index in [0.717, 1.165) is 12.8 Å². The van der Waals surface area contributed by atoms with E-state index in [2.05, 4.69) is 6.92 Å². The second kappa shape index (κ2) is 6.86. The first-order valence-corrected chi connectivity index (χ1v) is 8.02. The molecule has 6 nitrogen and oxygen atoms in total. The Balaban J connectivity index is 1.68. The molecule has 0 bridgehead atoms. The molecule has 3 rings (SSSR count). The predicted molar refractivity (Wildman–Crippen MR) is 87.7 cm³/mol. The highest BCUT2D eigenvalue weighted by atomic mass is 16.5. The summed E-state index contributed by atoms with van der Waals surface area (Å²) in [6, 6.07) is 8.32. The second-order valence-electron chi connectivity index (χ2n) is 6.15. The Labute approximate surface area is 139 Å². The minimum atomic E-state index is -0.840. The molecule has 0 unspecified atom stereocenters. The Hall–Kier alpha value is -2.63. The second-order valence-corrected chi connectivity index (χ2v) is 6.15. The van der Waals surface area contributed by atoms with Crippen LogP contribution in [0.1, 0.15) is 30.1 Å². The van der Waals surface area contributed by atoms with Gasteiger partial charge in [0, 0.05) is 18.5 Å². The average molecular weight is 329 g/mol. The molecule has 1 saturated heterocycles. The summed E-state index contributed by atoms with van der Waals surface area (Å²) in [5, 5.41) is 0.625. The van der Waals surface area contributed by atoms with Crippen LogP contribution in [0, 0.1) is 5.92 Å². The maximum atomic E-state index is 12.1. The van der Waals surface area contributed by atoms with Gasteiger partial charge in [0.05, 0.1) is 0 Å². The molecule has 126 valence electrons. The van der Waals surface area contributed by atoms with Crippen LogP contribution < -0.4 is 5.63 Å². The largest absolute Gasteiger partial charge is 0.452 e. The number of rotatable bonds is 3. The van der Waals surface area contributed by atoms with Crippen LogP contribution in [0.2, 0.25) is 0 Å². The van der Waals surface area contributed by atoms with Crippen molar-refractivity contribution in [2.45, 2.75) is 19.8 Å². The number of amides is 1. The summed E-state index contributed by atoms with van der Waals surface area (Å²) >= 11 is 0. The quantitative estimate of drug-likeness (QED) is 0.637. The van der Waals surface area contributed by atoms with E-state index >= 15 is 0 Å². The third-order valence-corrected chi connectivity index (χ3v) is 4.20. The number of hydrogen-bond donors (Lipinski definition) is 0. The lowest BCUT2D eigenvalue weighted by Crippen LogP contribution is -2.41. The smallest absolute Gasteiger partial charge is 0.351 e. The van der Waals surface area contributed by atoms with Crippen molar-refractivity contribution in [1.29, 1.82) is 0 Å². The molecular formula is C18H19NO5. The molecule has 0 aliphatic carbocycles. The third-order valence-electron chi connectivity index (χ3n) is 4.20. The van der Waals surface area contributed by atoms with Crippen molar-refractivity contribution in [3.05, 3.63) is 46.3 Å². The molecule has 1 aliphatic heterocycles. The Morgan fingerprint density at radius 1 is 1.33 bits per heavy atom. The van der Waals surface area contributed by atoms with E-state index in [1.165, 1.54) is 6.07 Å². The number of para-hydroxylation sites is 1. The highest BCUT2D eigenvalue weighted by Gasteiger charge is 2.23. The topological polar surface area (TPSA) is 76.8 Å². The first-order valence-electron chi connectivity index (χ1n) is 8.02. The van der Waals surface area contributed by atoms with E-state index in [0.29, 0.717) is 30.0 Å². The lowest BCUT2D eigenvalue weighted by molar-refractivity contribution is -0.136. The van der Waals surface area contributed by atoms with Gasteiger partial charge in [-0.1, -0.05) is 25.1 Å². The first kappa shape index (κ1) is 16.2. The molecular weight excluding hydrogens is 310 g/mol. The van der Waals surface area contributed by atoms with Crippen LogP contribution in [0.25, 0.3) is 11.0 Å². The number of piperidine rings is 1. The maximum Gasteiger partial charge on any atom is 0.351 e. The molecule has 0 radical (unpaired) electrons. The van der Waals surface area contributed by atoms with E-state index in [9.17, 15) is 14.4 Å². The minimum Gasteiger partial charge on any atom is -0.452 e. The highest BCUT2D eigenvalue weighted by Crippen LogP contribution is 2.16. The SMILES string of the molecule is C[C@@H]1CCCN(C(=O)COC(=O)c2cc3ccccc3oc2=O)C1. The Morgan fingerprint density at radius 2 is 2.12 bits per heavy atom. The van der Waals surface area contributed by atoms with Crippen LogP contribution in [-0.4, -0.2) is 36.5 Å². The Kier molecular flexibility index (Phi) is 4.64. The monoisotopic (exact) mass is 329 g/mol. The van der Waals surface area contributed by atoms with Gasteiger partial charge in [-0.05, 0) is 30.9 Å². The zero-order chi connectivity index (χ0) is 17.1. The van der Waals surface area contributed by atoms with Crippen molar-refractivity contribution in [3.63, 3.8) is 0 Å². The van der Waals surface area contributed by atoms with Crippen molar-refractivity contribution in [2.24, 2.45) is 5.92 Å². The fraction of sp³-hybridized carbons (Fsp3) is 0.389. The molecule has 0 saturated carbocycles. The van der Waals surface area contributed by atoms with Gasteiger partial charge in [-0.2, -0.15) is 0 Å². The number of fused-ring (bicyclic) bond motifs is 1. The molecule has 6 heteroatoms. The van der Waals surface area contributed by atoms with Crippen LogP contribution in [0.4, 0.5) is 0 Å². The highest BCUT2D eigenvalue weighted by molar-refractivity contribution is 5.94. The summed E-state index contributed by atoms with van der Waals surface area (Å²) in [7, 11) is 0. The number of carbonyl (C=O) groups excluding carboxylic acids is 2. The molecule has 24 heavy (non-hydrogen) atoms. The van der Waals surface area contributed by atoms with Crippen molar-refractivity contribution < 1.29 is 18.7 Å². The number of ether oxygens (including phenoxy) is 1. The van der Waals surface area contributed by atoms with Gasteiger partial charge in [-0.25, -0.2) is 9.59 Å². The molecule has 1 aliphatic rings. The fourth-order valence-corrected chi connectivity index (χ4v) is 2.92. The molecule has 1 fully saturated rings. The summed E-state index contributed by atoms with van der Waals surface area (Å²) in [5.41, 5.74) is -0.566. The van der Waals surface area contributed by atoms with E-state index in [1.54, 1.807) is 29.2 Å². The van der Waals surface area contributed by atoms with Crippen molar-refractivity contribution >= 4 is 22.8 Å². The first-order chi connectivity index (χ1) is 11.5. The van der Waals surface area contributed by atoms with Gasteiger partial charge in [-0.3, -0.25) is 4.79 Å². The summed E-state index contributed by atoms with van der Waals surface area (Å²) in [5.74, 6) is -0.626. The predicted octanol–water partition coefficient (Wildman–Crippen LogP) is 2.21. The van der Waals surface area contributed by atoms with Crippen LogP contribution >= 0.6 is 0 Å². The lowest BCUT2D eigenvalue weighted by atomic mass is 10.0. The van der Waals surface area contributed by atoms with Gasteiger partial charge in [-0.15, -0.1) is 0 Å². The molecule has 2 aromatic rings. The summed E-state index contributed by atoms with van der Waals surface area (Å²) in [6.07, 6.45) is 2.05. The molecule has 0 N–H and O–H groups in total. The number of carbonyl (C=O) groups is 2. The van der Waals surface area contributed by atoms with Crippen molar-refractivity contribution in [1.82, 2.24) is 4.90 Å². The number of hydrogen-bond acceptors (Lipinski definition) is 5. The standard InChI is InChI=1S/C18H19NO5/c1-12-5-4-8-19(10-12)16(20)11-23-17(21)14-9-13-6-2-3-7-15(13)24-18(14)22/h2-3,6-7,9,12H,4-5,8,10-11H2,1H3/t12-/m1/s1. The Bertz CT molecular complexity index is 826. The number of nitrogens with zero attached hydrogens (tertiary/aromatic N) is 1. The van der Waals surface area contributed by atoms with Gasteiger partial charge in [0.2, 0.25) is 0 Å². The lowest BCUT2D eigenvalue weighted by Gasteiger charge is -2.30. The third kappa shape index (κ3) is 3.48. The van der Waals surface area contributed by atoms with Crippen LogP contribution in [-0.2, 0) is 9.53 Å². The van der Waals surface area contributed by atoms with Crippen LogP contribution in [0.5, 0.6) is 0 Å². The maximum absolute atomic E-state index is 12.1. The van der Waals surface area contributed by atoms with Crippen LogP contribution in [0.15, 0.2) is 39.5 Å². The number of likely N-dealkylation sites (tertiary alicyclic amines) is 1. The van der Waals surface area contributed by atoms with Gasteiger partial charge < -0.3 is 14.1 Å². The number of benzene rings is 1. The summed E-state index contributed by atoms with van der Waals surface area (Å²) in [4.78, 5) is 37.8. The van der Waals surface area contributed by atoms with Gasteiger partial charge in [0.25, 0.3) is 5.91 Å². The van der Waals surface area contributed by atoms with Crippen LogP contribution in [0.3, 0.4) is 0 Å². The van der Waals surface area contributed by atoms with E-state index < -0.39 is 11.6 Å². The molecule has 2 heterocycles. The summed E-state index contributed by atoms with van der Waals surface area (Å²) < 4.78 is 10.1. The molecule has 1 amide bonds. The fourth-order valence-electron chi connectivity index (χ4n) is 2.92. The van der Waals surface area contributed by atoms with E-state index in [4.69, 9.17) is 9.15 Å². The van der Waals surface area contributed by atoms with E-state index in [-0.39, 0.29) is 18.1 Å². The molecule has 1 atom stereocenters. The Morgan fingerprint density at radius 3 is 2.92 bits per heavy atom. The van der Waals surface area contributed by atoms with E-state index in [1.807, 2.05) is 0 Å². The summed E-state index contributed by atoms with van der Waals surface area (Å²) in [6.45, 7) is 3.08. The molecule has 0 spiro atoms. The number of esters is 1. The van der Waals surface area contributed by atoms with Gasteiger partial charge >= 0.3 is 11.6 Å². The van der Waals surface area contributed by atoms with Gasteiger partial charge in [0.1, 0.15) is 11.1 Å². The molecule has 1 aromatic heterocycles. The minimum absolute atomic E-state index is 0.200. The molecule has 1 aromatic carbocycles. The average Bonchev–Trinajstić information content (AvgIpc) is 2.58. The van der Waals surface area contributed by atoms with Crippen molar-refractivity contribution in [3.8, 4) is 0 Å². The van der Waals surface area contributed by atoms with Crippen molar-refractivity contribution in [2.75, 3.05) is 19.7 Å². The zero-order valence-corrected chi connectivity index (χ0v) is 13.5. The normalized spacial score (nSPS) is 17.7.